The number of likely N-dealkylation sites (N-methyl/N-ethyl adjacent to an activating group) is 2. The number of carbonyl (C=O) groups excluding carboxylic acids is 3. The van der Waals surface area contributed by atoms with E-state index in [2.05, 4.69) is 21.2 Å². The van der Waals surface area contributed by atoms with Crippen molar-refractivity contribution in [3.63, 3.8) is 0 Å². The Labute approximate surface area is 129 Å². The predicted octanol–water partition coefficient (Wildman–Crippen LogP) is 0.949. The Hall–Kier alpha value is -1.96. The third-order valence-corrected chi connectivity index (χ3v) is 3.25. The molecule has 0 bridgehead atoms. The summed E-state index contributed by atoms with van der Waals surface area (Å²) in [7, 11) is 2.85. The second-order valence-corrected chi connectivity index (χ2v) is 4.98. The zero-order chi connectivity index (χ0) is 16.0. The SMILES string of the molecule is CNC(=O)CN(C)C(=O)COC(=O)c1cc(F)ccc1Br. The lowest BCUT2D eigenvalue weighted by atomic mass is 10.2. The summed E-state index contributed by atoms with van der Waals surface area (Å²) in [6.45, 7) is -0.675. The molecule has 0 saturated heterocycles. The first-order valence-corrected chi connectivity index (χ1v) is 6.71. The van der Waals surface area contributed by atoms with E-state index in [0.29, 0.717) is 4.47 Å². The fraction of sp³-hybridized carbons (Fsp3) is 0.308. The molecule has 21 heavy (non-hydrogen) atoms. The number of nitrogens with one attached hydrogen (secondary N) is 1. The maximum atomic E-state index is 13.1. The van der Waals surface area contributed by atoms with Gasteiger partial charge in [-0.05, 0) is 34.1 Å². The van der Waals surface area contributed by atoms with Crippen molar-refractivity contribution in [3.8, 4) is 0 Å². The monoisotopic (exact) mass is 360 g/mol. The molecule has 114 valence electrons. The average Bonchev–Trinajstić information content (AvgIpc) is 2.46. The van der Waals surface area contributed by atoms with Gasteiger partial charge >= 0.3 is 5.97 Å². The standard InChI is InChI=1S/C13H14BrFN2O4/c1-16-11(18)6-17(2)12(19)7-21-13(20)9-5-8(15)3-4-10(9)14/h3-5H,6-7H2,1-2H3,(H,16,18). The van der Waals surface area contributed by atoms with E-state index in [1.807, 2.05) is 0 Å². The number of hydrogen-bond acceptors (Lipinski definition) is 4. The number of amides is 2. The van der Waals surface area contributed by atoms with Crippen molar-refractivity contribution in [2.45, 2.75) is 0 Å². The summed E-state index contributed by atoms with van der Waals surface area (Å²) in [5.74, 6) is -2.30. The Morgan fingerprint density at radius 2 is 2.05 bits per heavy atom. The van der Waals surface area contributed by atoms with Gasteiger partial charge in [-0.1, -0.05) is 0 Å². The second-order valence-electron chi connectivity index (χ2n) is 4.12. The van der Waals surface area contributed by atoms with Crippen LogP contribution in [0.2, 0.25) is 0 Å². The van der Waals surface area contributed by atoms with Crippen LogP contribution in [0, 0.1) is 5.82 Å². The zero-order valence-electron chi connectivity index (χ0n) is 11.5. The van der Waals surface area contributed by atoms with Gasteiger partial charge in [-0.3, -0.25) is 9.59 Å². The lowest BCUT2D eigenvalue weighted by Gasteiger charge is -2.16. The molecule has 0 aliphatic rings. The molecule has 0 unspecified atom stereocenters. The highest BCUT2D eigenvalue weighted by Crippen LogP contribution is 2.18. The number of ether oxygens (including phenoxy) is 1. The molecule has 1 aromatic rings. The molecule has 0 radical (unpaired) electrons. The summed E-state index contributed by atoms with van der Waals surface area (Å²) in [6.07, 6.45) is 0. The number of esters is 1. The third kappa shape index (κ3) is 5.14. The molecular weight excluding hydrogens is 347 g/mol. The van der Waals surface area contributed by atoms with Crippen molar-refractivity contribution in [1.29, 1.82) is 0 Å². The largest absolute Gasteiger partial charge is 0.452 e. The van der Waals surface area contributed by atoms with E-state index in [9.17, 15) is 18.8 Å². The number of rotatable bonds is 5. The fourth-order valence-corrected chi connectivity index (χ4v) is 1.76. The molecule has 0 spiro atoms. The van der Waals surface area contributed by atoms with Crippen molar-refractivity contribution in [2.24, 2.45) is 0 Å². The van der Waals surface area contributed by atoms with Crippen molar-refractivity contribution in [2.75, 3.05) is 27.2 Å². The van der Waals surface area contributed by atoms with Crippen LogP contribution in [0.25, 0.3) is 0 Å². The zero-order valence-corrected chi connectivity index (χ0v) is 13.1. The van der Waals surface area contributed by atoms with E-state index in [1.165, 1.54) is 26.2 Å². The topological polar surface area (TPSA) is 75.7 Å². The summed E-state index contributed by atoms with van der Waals surface area (Å²) in [5.41, 5.74) is -0.0169. The quantitative estimate of drug-likeness (QED) is 0.793. The minimum atomic E-state index is -0.830. The Kier molecular flexibility index (Phi) is 6.29. The van der Waals surface area contributed by atoms with Gasteiger partial charge < -0.3 is 15.0 Å². The number of hydrogen-bond donors (Lipinski definition) is 1. The van der Waals surface area contributed by atoms with E-state index in [-0.39, 0.29) is 18.0 Å². The number of halogens is 2. The van der Waals surface area contributed by atoms with Gasteiger partial charge in [0.1, 0.15) is 5.82 Å². The molecule has 1 aromatic carbocycles. The molecule has 0 heterocycles. The Balaban J connectivity index is 2.58. The Bertz CT molecular complexity index is 565. The molecule has 2 amide bonds. The van der Waals surface area contributed by atoms with Crippen LogP contribution in [0.4, 0.5) is 4.39 Å². The molecule has 0 fully saturated rings. The maximum absolute atomic E-state index is 13.1. The van der Waals surface area contributed by atoms with Crippen molar-refractivity contribution < 1.29 is 23.5 Å². The van der Waals surface area contributed by atoms with Gasteiger partial charge in [-0.15, -0.1) is 0 Å². The number of carbonyl (C=O) groups is 3. The van der Waals surface area contributed by atoms with Crippen molar-refractivity contribution >= 4 is 33.7 Å². The van der Waals surface area contributed by atoms with Gasteiger partial charge in [-0.25, -0.2) is 9.18 Å². The van der Waals surface area contributed by atoms with E-state index < -0.39 is 24.3 Å². The Morgan fingerprint density at radius 1 is 1.38 bits per heavy atom. The van der Waals surface area contributed by atoms with Crippen molar-refractivity contribution in [1.82, 2.24) is 10.2 Å². The summed E-state index contributed by atoms with van der Waals surface area (Å²) < 4.78 is 18.2. The summed E-state index contributed by atoms with van der Waals surface area (Å²) in [5, 5.41) is 2.37. The molecule has 0 saturated carbocycles. The first kappa shape index (κ1) is 17.1. The summed E-state index contributed by atoms with van der Waals surface area (Å²) in [6, 6.07) is 3.56. The molecule has 0 aliphatic carbocycles. The second kappa shape index (κ2) is 7.72. The first-order valence-electron chi connectivity index (χ1n) is 5.92. The number of nitrogens with zero attached hydrogens (tertiary/aromatic N) is 1. The lowest BCUT2D eigenvalue weighted by molar-refractivity contribution is -0.137. The van der Waals surface area contributed by atoms with Gasteiger partial charge in [0, 0.05) is 18.6 Å². The first-order chi connectivity index (χ1) is 9.85. The smallest absolute Gasteiger partial charge is 0.339 e. The molecule has 0 aliphatic heterocycles. The molecule has 0 aromatic heterocycles. The predicted molar refractivity (Wildman–Crippen MR) is 76.1 cm³/mol. The molecule has 1 N–H and O–H groups in total. The molecule has 0 atom stereocenters. The van der Waals surface area contributed by atoms with Gasteiger partial charge in [0.15, 0.2) is 6.61 Å². The molecule has 8 heteroatoms. The van der Waals surface area contributed by atoms with Crippen LogP contribution in [0.1, 0.15) is 10.4 Å². The Morgan fingerprint density at radius 3 is 2.67 bits per heavy atom. The maximum Gasteiger partial charge on any atom is 0.339 e. The van der Waals surface area contributed by atoms with Gasteiger partial charge in [0.05, 0.1) is 12.1 Å². The van der Waals surface area contributed by atoms with Crippen LogP contribution in [0.5, 0.6) is 0 Å². The van der Waals surface area contributed by atoms with E-state index in [4.69, 9.17) is 4.74 Å². The summed E-state index contributed by atoms with van der Waals surface area (Å²) in [4.78, 5) is 35.6. The van der Waals surface area contributed by atoms with Crippen LogP contribution < -0.4 is 5.32 Å². The molecule has 6 nitrogen and oxygen atoms in total. The third-order valence-electron chi connectivity index (χ3n) is 2.56. The van der Waals surface area contributed by atoms with Gasteiger partial charge in [-0.2, -0.15) is 0 Å². The normalized spacial score (nSPS) is 9.90. The highest BCUT2D eigenvalue weighted by atomic mass is 79.9. The highest BCUT2D eigenvalue weighted by molar-refractivity contribution is 9.10. The fourth-order valence-electron chi connectivity index (χ4n) is 1.35. The van der Waals surface area contributed by atoms with Crippen LogP contribution in [0.3, 0.4) is 0 Å². The summed E-state index contributed by atoms with van der Waals surface area (Å²) >= 11 is 3.09. The van der Waals surface area contributed by atoms with Crippen LogP contribution >= 0.6 is 15.9 Å². The average molecular weight is 361 g/mol. The van der Waals surface area contributed by atoms with Gasteiger partial charge in [0.2, 0.25) is 5.91 Å². The minimum Gasteiger partial charge on any atom is -0.452 e. The van der Waals surface area contributed by atoms with E-state index in [1.54, 1.807) is 0 Å². The van der Waals surface area contributed by atoms with Crippen molar-refractivity contribution in [3.05, 3.63) is 34.1 Å². The molecular formula is C13H14BrFN2O4. The van der Waals surface area contributed by atoms with E-state index >= 15 is 0 Å². The van der Waals surface area contributed by atoms with E-state index in [0.717, 1.165) is 11.0 Å². The van der Waals surface area contributed by atoms with Crippen LogP contribution in [-0.4, -0.2) is 49.9 Å². The molecule has 1 rings (SSSR count). The van der Waals surface area contributed by atoms with Crippen LogP contribution in [0.15, 0.2) is 22.7 Å². The minimum absolute atomic E-state index is 0.0169. The number of benzene rings is 1. The highest BCUT2D eigenvalue weighted by Gasteiger charge is 2.17. The van der Waals surface area contributed by atoms with Crippen LogP contribution in [-0.2, 0) is 14.3 Å². The lowest BCUT2D eigenvalue weighted by Crippen LogP contribution is -2.39. The van der Waals surface area contributed by atoms with Gasteiger partial charge in [0.25, 0.3) is 5.91 Å².